The normalized spacial score (nSPS) is 24.5. The van der Waals surface area contributed by atoms with Crippen LogP contribution in [0.5, 0.6) is 0 Å². The number of carboxylic acids is 2. The molecule has 1 aliphatic rings. The van der Waals surface area contributed by atoms with Gasteiger partial charge < -0.3 is 19.7 Å². The maximum Gasteiger partial charge on any atom is 0.338 e. The number of aliphatic carboxylic acids is 2. The van der Waals surface area contributed by atoms with E-state index in [0.29, 0.717) is 5.56 Å². The van der Waals surface area contributed by atoms with Crippen molar-refractivity contribution in [1.82, 2.24) is 0 Å². The largest absolute Gasteiger partial charge is 0.481 e. The number of ether oxygens (including phenoxy) is 2. The maximum absolute atomic E-state index is 12.0. The SMILES string of the molecule is [N-]=[N+]=N[C@H]1[C@@H](COC(=O)c2ccccc2)OC(CC(=O)O)[C@@H]1CC(=O)O. The van der Waals surface area contributed by atoms with E-state index in [9.17, 15) is 14.4 Å². The lowest BCUT2D eigenvalue weighted by molar-refractivity contribution is -0.143. The lowest BCUT2D eigenvalue weighted by atomic mass is 9.89. The number of esters is 1. The molecule has 0 amide bonds. The van der Waals surface area contributed by atoms with Crippen molar-refractivity contribution in [2.75, 3.05) is 6.61 Å². The molecule has 0 aromatic heterocycles. The van der Waals surface area contributed by atoms with Gasteiger partial charge in [0, 0.05) is 10.8 Å². The Balaban J connectivity index is 2.12. The summed E-state index contributed by atoms with van der Waals surface area (Å²) < 4.78 is 10.7. The number of azide groups is 1. The predicted octanol–water partition coefficient (Wildman–Crippen LogP) is 1.86. The zero-order chi connectivity index (χ0) is 19.1. The summed E-state index contributed by atoms with van der Waals surface area (Å²) in [5.41, 5.74) is 9.07. The van der Waals surface area contributed by atoms with Crippen molar-refractivity contribution in [1.29, 1.82) is 0 Å². The molecule has 0 spiro atoms. The maximum atomic E-state index is 12.0. The van der Waals surface area contributed by atoms with Crippen LogP contribution < -0.4 is 0 Å². The molecule has 138 valence electrons. The molecule has 26 heavy (non-hydrogen) atoms. The second-order valence-electron chi connectivity index (χ2n) is 5.73. The smallest absolute Gasteiger partial charge is 0.338 e. The van der Waals surface area contributed by atoms with Crippen molar-refractivity contribution >= 4 is 17.9 Å². The minimum absolute atomic E-state index is 0.288. The fourth-order valence-corrected chi connectivity index (χ4v) is 2.90. The summed E-state index contributed by atoms with van der Waals surface area (Å²) in [5, 5.41) is 21.6. The zero-order valence-electron chi connectivity index (χ0n) is 13.6. The summed E-state index contributed by atoms with van der Waals surface area (Å²) >= 11 is 0. The third kappa shape index (κ3) is 4.95. The van der Waals surface area contributed by atoms with E-state index in [1.54, 1.807) is 30.3 Å². The topological polar surface area (TPSA) is 159 Å². The number of carbonyl (C=O) groups is 3. The van der Waals surface area contributed by atoms with Gasteiger partial charge in [-0.05, 0) is 17.7 Å². The van der Waals surface area contributed by atoms with Crippen LogP contribution in [0.4, 0.5) is 0 Å². The van der Waals surface area contributed by atoms with E-state index in [2.05, 4.69) is 10.0 Å². The first-order valence-corrected chi connectivity index (χ1v) is 7.77. The molecule has 1 unspecified atom stereocenters. The van der Waals surface area contributed by atoms with Crippen LogP contribution in [0.25, 0.3) is 10.4 Å². The second kappa shape index (κ2) is 8.84. The van der Waals surface area contributed by atoms with Gasteiger partial charge >= 0.3 is 17.9 Å². The van der Waals surface area contributed by atoms with Crippen LogP contribution in [0.2, 0.25) is 0 Å². The van der Waals surface area contributed by atoms with Crippen LogP contribution in [0.1, 0.15) is 23.2 Å². The van der Waals surface area contributed by atoms with E-state index in [0.717, 1.165) is 0 Å². The fourth-order valence-electron chi connectivity index (χ4n) is 2.90. The summed E-state index contributed by atoms with van der Waals surface area (Å²) in [6, 6.07) is 7.23. The van der Waals surface area contributed by atoms with Crippen molar-refractivity contribution in [2.45, 2.75) is 31.1 Å². The Morgan fingerprint density at radius 3 is 2.35 bits per heavy atom. The Hall–Kier alpha value is -3.10. The number of hydrogen-bond acceptors (Lipinski definition) is 6. The first kappa shape index (κ1) is 19.2. The minimum Gasteiger partial charge on any atom is -0.481 e. The van der Waals surface area contributed by atoms with Crippen LogP contribution in [-0.4, -0.2) is 53.0 Å². The van der Waals surface area contributed by atoms with Gasteiger partial charge in [0.1, 0.15) is 12.7 Å². The molecule has 1 heterocycles. The molecule has 0 aliphatic carbocycles. The van der Waals surface area contributed by atoms with Gasteiger partial charge in [-0.25, -0.2) is 4.79 Å². The summed E-state index contributed by atoms with van der Waals surface area (Å²) in [4.78, 5) is 36.8. The van der Waals surface area contributed by atoms with Crippen LogP contribution in [0, 0.1) is 5.92 Å². The Bertz CT molecular complexity index is 718. The predicted molar refractivity (Wildman–Crippen MR) is 86.3 cm³/mol. The molecule has 1 saturated heterocycles. The fraction of sp³-hybridized carbons (Fsp3) is 0.438. The third-order valence-corrected chi connectivity index (χ3v) is 4.01. The van der Waals surface area contributed by atoms with Crippen LogP contribution in [0.15, 0.2) is 35.4 Å². The number of nitrogens with zero attached hydrogens (tertiary/aromatic N) is 3. The summed E-state index contributed by atoms with van der Waals surface area (Å²) in [7, 11) is 0. The lowest BCUT2D eigenvalue weighted by Gasteiger charge is -2.17. The average molecular weight is 363 g/mol. The number of hydrogen-bond donors (Lipinski definition) is 2. The van der Waals surface area contributed by atoms with Crippen molar-refractivity contribution in [2.24, 2.45) is 11.0 Å². The monoisotopic (exact) mass is 363 g/mol. The number of rotatable bonds is 8. The quantitative estimate of drug-likeness (QED) is 0.308. The highest BCUT2D eigenvalue weighted by atomic mass is 16.6. The minimum atomic E-state index is -1.17. The van der Waals surface area contributed by atoms with Crippen molar-refractivity contribution in [3.05, 3.63) is 46.3 Å². The molecular weight excluding hydrogens is 346 g/mol. The summed E-state index contributed by atoms with van der Waals surface area (Å²) in [6.45, 7) is -0.288. The Morgan fingerprint density at radius 2 is 1.77 bits per heavy atom. The second-order valence-corrected chi connectivity index (χ2v) is 5.73. The number of carbonyl (C=O) groups excluding carboxylic acids is 1. The third-order valence-electron chi connectivity index (χ3n) is 4.01. The highest BCUT2D eigenvalue weighted by Crippen LogP contribution is 2.34. The molecule has 0 radical (unpaired) electrons. The van der Waals surface area contributed by atoms with Gasteiger partial charge in [-0.2, -0.15) is 0 Å². The van der Waals surface area contributed by atoms with E-state index in [-0.39, 0.29) is 6.61 Å². The molecule has 2 rings (SSSR count). The Morgan fingerprint density at radius 1 is 1.12 bits per heavy atom. The highest BCUT2D eigenvalue weighted by Gasteiger charge is 2.46. The molecule has 10 heteroatoms. The summed E-state index contributed by atoms with van der Waals surface area (Å²) in [6.07, 6.45) is -2.75. The van der Waals surface area contributed by atoms with E-state index in [1.165, 1.54) is 0 Å². The van der Waals surface area contributed by atoms with Gasteiger partial charge in [-0.15, -0.1) is 0 Å². The molecular formula is C16H17N3O7. The van der Waals surface area contributed by atoms with Crippen molar-refractivity contribution < 1.29 is 34.1 Å². The molecule has 1 fully saturated rings. The van der Waals surface area contributed by atoms with E-state index < -0.39 is 54.9 Å². The van der Waals surface area contributed by atoms with Gasteiger partial charge in [-0.3, -0.25) is 9.59 Å². The van der Waals surface area contributed by atoms with Gasteiger partial charge in [0.2, 0.25) is 0 Å². The first-order valence-electron chi connectivity index (χ1n) is 7.77. The van der Waals surface area contributed by atoms with Crippen LogP contribution in [-0.2, 0) is 19.1 Å². The first-order chi connectivity index (χ1) is 12.4. The molecule has 2 N–H and O–H groups in total. The standard InChI is InChI=1S/C16H17N3O7/c17-19-18-15-10(6-13(20)21)11(7-14(22)23)26-12(15)8-25-16(24)9-4-2-1-3-5-9/h1-5,10-12,15H,6-8H2,(H,20,21)(H,22,23)/t10-,11?,12+,15+/m0/s1. The van der Waals surface area contributed by atoms with E-state index in [4.69, 9.17) is 25.2 Å². The number of benzene rings is 1. The summed E-state index contributed by atoms with van der Waals surface area (Å²) in [5.74, 6) is -3.80. The highest BCUT2D eigenvalue weighted by molar-refractivity contribution is 5.89. The van der Waals surface area contributed by atoms with E-state index >= 15 is 0 Å². The van der Waals surface area contributed by atoms with Gasteiger partial charge in [0.05, 0.1) is 30.6 Å². The zero-order valence-corrected chi connectivity index (χ0v) is 13.6. The van der Waals surface area contributed by atoms with Gasteiger partial charge in [0.25, 0.3) is 0 Å². The molecule has 0 saturated carbocycles. The molecule has 1 aliphatic heterocycles. The molecule has 1 aromatic carbocycles. The van der Waals surface area contributed by atoms with Gasteiger partial charge in [0.15, 0.2) is 0 Å². The van der Waals surface area contributed by atoms with Crippen LogP contribution >= 0.6 is 0 Å². The number of carboxylic acid groups (broad SMARTS) is 2. The molecule has 10 nitrogen and oxygen atoms in total. The van der Waals surface area contributed by atoms with Crippen molar-refractivity contribution in [3.63, 3.8) is 0 Å². The molecule has 4 atom stereocenters. The Labute approximate surface area is 148 Å². The van der Waals surface area contributed by atoms with Gasteiger partial charge in [-0.1, -0.05) is 23.3 Å². The lowest BCUT2D eigenvalue weighted by Crippen LogP contribution is -2.31. The average Bonchev–Trinajstić information content (AvgIpc) is 2.89. The Kier molecular flexibility index (Phi) is 6.54. The van der Waals surface area contributed by atoms with E-state index in [1.807, 2.05) is 0 Å². The van der Waals surface area contributed by atoms with Crippen molar-refractivity contribution in [3.8, 4) is 0 Å². The van der Waals surface area contributed by atoms with Crippen LogP contribution in [0.3, 0.4) is 0 Å². The molecule has 0 bridgehead atoms. The molecule has 1 aromatic rings.